The van der Waals surface area contributed by atoms with E-state index in [1.807, 2.05) is 0 Å². The van der Waals surface area contributed by atoms with Crippen molar-refractivity contribution >= 4 is 10.0 Å². The number of pyridine rings is 1. The van der Waals surface area contributed by atoms with Gasteiger partial charge in [0.2, 0.25) is 10.0 Å². The van der Waals surface area contributed by atoms with Gasteiger partial charge in [0.25, 0.3) is 0 Å². The summed E-state index contributed by atoms with van der Waals surface area (Å²) in [4.78, 5) is 10.7. The molecule has 0 spiro atoms. The molecule has 0 saturated carbocycles. The molecular weight excluding hydrogens is 278 g/mol. The Bertz CT molecular complexity index is 729. The van der Waals surface area contributed by atoms with Crippen LogP contribution in [0.25, 0.3) is 0 Å². The maximum absolute atomic E-state index is 12.1. The zero-order valence-corrected chi connectivity index (χ0v) is 11.3. The highest BCUT2D eigenvalue weighted by Crippen LogP contribution is 2.09. The molecule has 0 bridgehead atoms. The molecule has 0 atom stereocenters. The van der Waals surface area contributed by atoms with Crippen molar-refractivity contribution in [3.05, 3.63) is 42.2 Å². The Kier molecular flexibility index (Phi) is 4.47. The molecule has 8 heteroatoms. The molecule has 4 N–H and O–H groups in total. The first kappa shape index (κ1) is 14.2. The van der Waals surface area contributed by atoms with Crippen LogP contribution in [0.4, 0.5) is 0 Å². The zero-order chi connectivity index (χ0) is 14.4. The van der Waals surface area contributed by atoms with Crippen LogP contribution in [0, 0.1) is 11.8 Å². The first-order valence-electron chi connectivity index (χ1n) is 5.74. The molecule has 2 heterocycles. The molecule has 0 radical (unpaired) electrons. The van der Waals surface area contributed by atoms with Crippen LogP contribution < -0.4 is 10.5 Å². The van der Waals surface area contributed by atoms with Crippen LogP contribution in [-0.2, 0) is 16.6 Å². The Labute approximate surface area is 116 Å². The molecule has 104 valence electrons. The van der Waals surface area contributed by atoms with E-state index < -0.39 is 10.0 Å². The third-order valence-electron chi connectivity index (χ3n) is 2.34. The van der Waals surface area contributed by atoms with Crippen LogP contribution in [0.2, 0.25) is 0 Å². The lowest BCUT2D eigenvalue weighted by Crippen LogP contribution is -2.24. The van der Waals surface area contributed by atoms with Gasteiger partial charge in [-0.1, -0.05) is 11.8 Å². The average Bonchev–Trinajstić information content (AvgIpc) is 2.97. The van der Waals surface area contributed by atoms with Gasteiger partial charge in [-0.25, -0.2) is 18.1 Å². The van der Waals surface area contributed by atoms with Gasteiger partial charge in [0.1, 0.15) is 10.7 Å². The first-order valence-corrected chi connectivity index (χ1v) is 7.22. The lowest BCUT2D eigenvalue weighted by Gasteiger charge is -2.05. The first-order chi connectivity index (χ1) is 9.62. The van der Waals surface area contributed by atoms with Crippen molar-refractivity contribution in [2.75, 3.05) is 6.54 Å². The number of sulfonamides is 1. The molecule has 20 heavy (non-hydrogen) atoms. The van der Waals surface area contributed by atoms with Gasteiger partial charge in [0.15, 0.2) is 0 Å². The summed E-state index contributed by atoms with van der Waals surface area (Å²) < 4.78 is 26.6. The summed E-state index contributed by atoms with van der Waals surface area (Å²) in [6.07, 6.45) is 5.91. The monoisotopic (exact) mass is 291 g/mol. The molecule has 0 saturated heterocycles. The van der Waals surface area contributed by atoms with Crippen LogP contribution in [-0.4, -0.2) is 29.9 Å². The lowest BCUT2D eigenvalue weighted by molar-refractivity contribution is 0.579. The minimum absolute atomic E-state index is 0.0490. The normalized spacial score (nSPS) is 10.8. The van der Waals surface area contributed by atoms with E-state index in [-0.39, 0.29) is 18.0 Å². The number of imidazole rings is 1. The van der Waals surface area contributed by atoms with Gasteiger partial charge >= 0.3 is 0 Å². The quantitative estimate of drug-likeness (QED) is 0.663. The van der Waals surface area contributed by atoms with Crippen molar-refractivity contribution in [3.8, 4) is 11.8 Å². The molecule has 0 aliphatic carbocycles. The Morgan fingerprint density at radius 3 is 2.95 bits per heavy atom. The molecule has 2 aromatic heterocycles. The number of aromatic amines is 1. The molecule has 0 aromatic carbocycles. The SMILES string of the molecule is NCC#Cc1cncc(S(=O)(=O)NCc2ncc[nH]2)c1. The van der Waals surface area contributed by atoms with E-state index in [4.69, 9.17) is 5.73 Å². The van der Waals surface area contributed by atoms with E-state index in [2.05, 4.69) is 31.5 Å². The van der Waals surface area contributed by atoms with E-state index in [1.54, 1.807) is 12.4 Å². The van der Waals surface area contributed by atoms with Gasteiger partial charge in [-0.2, -0.15) is 0 Å². The summed E-state index contributed by atoms with van der Waals surface area (Å²) in [6, 6.07) is 1.44. The van der Waals surface area contributed by atoms with Crippen LogP contribution >= 0.6 is 0 Å². The van der Waals surface area contributed by atoms with Crippen LogP contribution in [0.1, 0.15) is 11.4 Å². The number of H-pyrrole nitrogens is 1. The standard InChI is InChI=1S/C12H13N5O2S/c13-3-1-2-10-6-11(8-14-7-10)20(18,19)17-9-12-15-4-5-16-12/h4-8,17H,3,9,13H2,(H,15,16). The molecular formula is C12H13N5O2S. The Balaban J connectivity index is 2.16. The van der Waals surface area contributed by atoms with Crippen LogP contribution in [0.5, 0.6) is 0 Å². The Morgan fingerprint density at radius 2 is 2.25 bits per heavy atom. The summed E-state index contributed by atoms with van der Waals surface area (Å²) in [5.41, 5.74) is 5.76. The smallest absolute Gasteiger partial charge is 0.242 e. The maximum atomic E-state index is 12.1. The van der Waals surface area contributed by atoms with Crippen molar-refractivity contribution in [3.63, 3.8) is 0 Å². The fraction of sp³-hybridized carbons (Fsp3) is 0.167. The van der Waals surface area contributed by atoms with E-state index in [9.17, 15) is 8.42 Å². The summed E-state index contributed by atoms with van der Waals surface area (Å²) >= 11 is 0. The van der Waals surface area contributed by atoms with Crippen molar-refractivity contribution in [2.24, 2.45) is 5.73 Å². The largest absolute Gasteiger partial charge is 0.347 e. The molecule has 0 amide bonds. The molecule has 0 fully saturated rings. The van der Waals surface area contributed by atoms with E-state index in [0.717, 1.165) is 0 Å². The summed E-state index contributed by atoms with van der Waals surface area (Å²) in [6.45, 7) is 0.280. The second-order valence-electron chi connectivity index (χ2n) is 3.78. The Hall–Kier alpha value is -2.21. The van der Waals surface area contributed by atoms with Crippen molar-refractivity contribution < 1.29 is 8.42 Å². The van der Waals surface area contributed by atoms with Gasteiger partial charge in [-0.05, 0) is 6.07 Å². The average molecular weight is 291 g/mol. The number of nitrogens with one attached hydrogen (secondary N) is 2. The van der Waals surface area contributed by atoms with Crippen molar-refractivity contribution in [2.45, 2.75) is 11.4 Å². The second kappa shape index (κ2) is 6.29. The van der Waals surface area contributed by atoms with E-state index in [0.29, 0.717) is 11.4 Å². The predicted octanol–water partition coefficient (Wildman–Crippen LogP) is -0.407. The minimum atomic E-state index is -3.66. The fourth-order valence-corrected chi connectivity index (χ4v) is 2.40. The Morgan fingerprint density at radius 1 is 1.40 bits per heavy atom. The van der Waals surface area contributed by atoms with Crippen LogP contribution in [0.15, 0.2) is 35.7 Å². The van der Waals surface area contributed by atoms with E-state index >= 15 is 0 Å². The van der Waals surface area contributed by atoms with Crippen LogP contribution in [0.3, 0.4) is 0 Å². The number of hydrogen-bond acceptors (Lipinski definition) is 5. The summed E-state index contributed by atoms with van der Waals surface area (Å²) in [5.74, 6) is 5.91. The molecule has 2 rings (SSSR count). The zero-order valence-electron chi connectivity index (χ0n) is 10.5. The number of nitrogens with two attached hydrogens (primary N) is 1. The molecule has 0 unspecified atom stereocenters. The van der Waals surface area contributed by atoms with Gasteiger partial charge in [-0.3, -0.25) is 4.98 Å². The second-order valence-corrected chi connectivity index (χ2v) is 5.54. The number of nitrogens with zero attached hydrogens (tertiary/aromatic N) is 2. The van der Waals surface area contributed by atoms with Crippen molar-refractivity contribution in [1.29, 1.82) is 0 Å². The molecule has 0 aliphatic heterocycles. The number of hydrogen-bond donors (Lipinski definition) is 3. The predicted molar refractivity (Wildman–Crippen MR) is 72.8 cm³/mol. The highest BCUT2D eigenvalue weighted by atomic mass is 32.2. The third kappa shape index (κ3) is 3.64. The van der Waals surface area contributed by atoms with Gasteiger partial charge in [-0.15, -0.1) is 0 Å². The highest BCUT2D eigenvalue weighted by Gasteiger charge is 2.15. The van der Waals surface area contributed by atoms with Gasteiger partial charge in [0, 0.05) is 30.4 Å². The van der Waals surface area contributed by atoms with Crippen molar-refractivity contribution in [1.82, 2.24) is 19.7 Å². The molecule has 2 aromatic rings. The van der Waals surface area contributed by atoms with Gasteiger partial charge in [0.05, 0.1) is 13.1 Å². The molecule has 0 aliphatic rings. The highest BCUT2D eigenvalue weighted by molar-refractivity contribution is 7.89. The summed E-state index contributed by atoms with van der Waals surface area (Å²) in [7, 11) is -3.66. The lowest BCUT2D eigenvalue weighted by atomic mass is 10.3. The minimum Gasteiger partial charge on any atom is -0.347 e. The fourth-order valence-electron chi connectivity index (χ4n) is 1.43. The maximum Gasteiger partial charge on any atom is 0.242 e. The van der Waals surface area contributed by atoms with Gasteiger partial charge < -0.3 is 10.7 Å². The topological polar surface area (TPSA) is 114 Å². The third-order valence-corrected chi connectivity index (χ3v) is 3.71. The number of rotatable bonds is 4. The number of aromatic nitrogens is 3. The van der Waals surface area contributed by atoms with E-state index in [1.165, 1.54) is 18.5 Å². The summed E-state index contributed by atoms with van der Waals surface area (Å²) in [5, 5.41) is 0. The molecule has 7 nitrogen and oxygen atoms in total.